The van der Waals surface area contributed by atoms with Gasteiger partial charge in [0, 0.05) is 31.4 Å². The molecule has 0 amide bonds. The summed E-state index contributed by atoms with van der Waals surface area (Å²) in [5, 5.41) is 6.12. The van der Waals surface area contributed by atoms with Gasteiger partial charge in [0.2, 0.25) is 0 Å². The molecule has 0 aliphatic rings. The Morgan fingerprint density at radius 3 is 2.69 bits per heavy atom. The second-order valence-corrected chi connectivity index (χ2v) is 6.39. The molecule has 5 heteroatoms. The van der Waals surface area contributed by atoms with E-state index < -0.39 is 0 Å². The first-order chi connectivity index (χ1) is 7.65. The van der Waals surface area contributed by atoms with Gasteiger partial charge in [0.15, 0.2) is 0 Å². The van der Waals surface area contributed by atoms with Gasteiger partial charge in [0.25, 0.3) is 0 Å². The van der Waals surface area contributed by atoms with Gasteiger partial charge in [-0.3, -0.25) is 0 Å². The third kappa shape index (κ3) is 3.23. The second-order valence-electron chi connectivity index (χ2n) is 3.21. The van der Waals surface area contributed by atoms with Crippen molar-refractivity contribution in [1.29, 1.82) is 0 Å². The number of anilines is 1. The van der Waals surface area contributed by atoms with Gasteiger partial charge in [-0.2, -0.15) is 0 Å². The Bertz CT molecular complexity index is 498. The van der Waals surface area contributed by atoms with Gasteiger partial charge in [-0.25, -0.2) is 0 Å². The quantitative estimate of drug-likeness (QED) is 0.736. The molecule has 0 radical (unpaired) electrons. The molecule has 1 nitrogen and oxygen atoms in total. The van der Waals surface area contributed by atoms with Gasteiger partial charge in [-0.1, -0.05) is 11.6 Å². The van der Waals surface area contributed by atoms with Crippen molar-refractivity contribution in [3.05, 3.63) is 48.5 Å². The molecule has 0 spiro atoms. The van der Waals surface area contributed by atoms with Gasteiger partial charge in [-0.05, 0) is 56.1 Å². The van der Waals surface area contributed by atoms with Crippen LogP contribution in [0.1, 0.15) is 4.88 Å². The van der Waals surface area contributed by atoms with Crippen molar-refractivity contribution in [2.75, 3.05) is 5.32 Å². The molecule has 0 aliphatic carbocycles. The van der Waals surface area contributed by atoms with Crippen LogP contribution in [0.25, 0.3) is 0 Å². The first-order valence-electron chi connectivity index (χ1n) is 4.57. The van der Waals surface area contributed by atoms with Crippen LogP contribution in [0.2, 0.25) is 5.02 Å². The minimum absolute atomic E-state index is 0.720. The summed E-state index contributed by atoms with van der Waals surface area (Å²) in [5.41, 5.74) is 1.03. The smallest absolute Gasteiger partial charge is 0.0568 e. The monoisotopic (exact) mass is 379 g/mol. The molecule has 0 aliphatic heterocycles. The van der Waals surface area contributed by atoms with Crippen LogP contribution in [0.5, 0.6) is 0 Å². The summed E-state index contributed by atoms with van der Waals surface area (Å²) in [7, 11) is 0. The Morgan fingerprint density at radius 2 is 2.06 bits per heavy atom. The van der Waals surface area contributed by atoms with E-state index in [1.165, 1.54) is 4.88 Å². The zero-order valence-electron chi connectivity index (χ0n) is 8.14. The van der Waals surface area contributed by atoms with Crippen LogP contribution in [0, 0.1) is 0 Å². The van der Waals surface area contributed by atoms with Gasteiger partial charge >= 0.3 is 0 Å². The van der Waals surface area contributed by atoms with Crippen molar-refractivity contribution in [1.82, 2.24) is 0 Å². The molecule has 16 heavy (non-hydrogen) atoms. The summed E-state index contributed by atoms with van der Waals surface area (Å²) < 4.78 is 2.04. The standard InChI is InChI=1S/C11H8Br2ClNS/c12-7-3-9(16-6-7)5-15-8-1-2-10(13)11(14)4-8/h1-4,6,15H,5H2. The van der Waals surface area contributed by atoms with Crippen molar-refractivity contribution in [2.24, 2.45) is 0 Å². The maximum Gasteiger partial charge on any atom is 0.0568 e. The summed E-state index contributed by atoms with van der Waals surface area (Å²) in [6, 6.07) is 7.96. The number of nitrogens with one attached hydrogen (secondary N) is 1. The van der Waals surface area contributed by atoms with Gasteiger partial charge < -0.3 is 5.32 Å². The minimum atomic E-state index is 0.720. The van der Waals surface area contributed by atoms with E-state index in [2.05, 4.69) is 48.6 Å². The second kappa shape index (κ2) is 5.54. The molecule has 1 N–H and O–H groups in total. The Balaban J connectivity index is 2.02. The summed E-state index contributed by atoms with van der Waals surface area (Å²) in [6.07, 6.45) is 0. The molecule has 1 aromatic carbocycles. The van der Waals surface area contributed by atoms with Crippen molar-refractivity contribution in [3.63, 3.8) is 0 Å². The first-order valence-corrected chi connectivity index (χ1v) is 7.41. The predicted molar refractivity (Wildman–Crippen MR) is 78.5 cm³/mol. The Hall–Kier alpha value is -0.0300. The highest BCUT2D eigenvalue weighted by atomic mass is 79.9. The van der Waals surface area contributed by atoms with Crippen LogP contribution < -0.4 is 5.32 Å². The molecule has 0 unspecified atom stereocenters. The number of hydrogen-bond acceptors (Lipinski definition) is 2. The molecule has 84 valence electrons. The van der Waals surface area contributed by atoms with E-state index in [0.717, 1.165) is 26.2 Å². The highest BCUT2D eigenvalue weighted by molar-refractivity contribution is 9.10. The van der Waals surface area contributed by atoms with Crippen LogP contribution in [0.4, 0.5) is 5.69 Å². The number of halogens is 3. The summed E-state index contributed by atoms with van der Waals surface area (Å²) >= 11 is 14.5. The number of thiophene rings is 1. The molecular formula is C11H8Br2ClNS. The fourth-order valence-electron chi connectivity index (χ4n) is 1.24. The molecule has 2 rings (SSSR count). The largest absolute Gasteiger partial charge is 0.380 e. The van der Waals surface area contributed by atoms with Gasteiger partial charge in [0.05, 0.1) is 5.02 Å². The zero-order valence-corrected chi connectivity index (χ0v) is 12.9. The van der Waals surface area contributed by atoms with E-state index in [0.29, 0.717) is 0 Å². The van der Waals surface area contributed by atoms with E-state index in [1.54, 1.807) is 11.3 Å². The maximum absolute atomic E-state index is 6.01. The van der Waals surface area contributed by atoms with E-state index in [-0.39, 0.29) is 0 Å². The minimum Gasteiger partial charge on any atom is -0.380 e. The maximum atomic E-state index is 6.01. The topological polar surface area (TPSA) is 12.0 Å². The lowest BCUT2D eigenvalue weighted by Gasteiger charge is -2.05. The van der Waals surface area contributed by atoms with E-state index in [4.69, 9.17) is 11.6 Å². The van der Waals surface area contributed by atoms with Gasteiger partial charge in [0.1, 0.15) is 0 Å². The fraction of sp³-hybridized carbons (Fsp3) is 0.0909. The Morgan fingerprint density at radius 1 is 1.25 bits per heavy atom. The van der Waals surface area contributed by atoms with Crippen molar-refractivity contribution in [3.8, 4) is 0 Å². The van der Waals surface area contributed by atoms with Crippen LogP contribution in [0.3, 0.4) is 0 Å². The Labute approximate surface area is 120 Å². The highest BCUT2D eigenvalue weighted by Gasteiger charge is 2.00. The lowest BCUT2D eigenvalue weighted by molar-refractivity contribution is 1.19. The number of benzene rings is 1. The lowest BCUT2D eigenvalue weighted by atomic mass is 10.3. The normalized spacial score (nSPS) is 10.4. The van der Waals surface area contributed by atoms with Crippen molar-refractivity contribution < 1.29 is 0 Å². The average Bonchev–Trinajstić information content (AvgIpc) is 2.66. The molecule has 0 saturated heterocycles. The summed E-state index contributed by atoms with van der Waals surface area (Å²) in [5.74, 6) is 0. The Kier molecular flexibility index (Phi) is 4.30. The zero-order chi connectivity index (χ0) is 11.5. The molecule has 0 fully saturated rings. The van der Waals surface area contributed by atoms with Crippen LogP contribution in [0.15, 0.2) is 38.6 Å². The molecule has 0 bridgehead atoms. The van der Waals surface area contributed by atoms with Gasteiger partial charge in [-0.15, -0.1) is 11.3 Å². The molecule has 0 atom stereocenters. The SMILES string of the molecule is Clc1cc(NCc2cc(Br)cs2)ccc1Br. The van der Waals surface area contributed by atoms with Crippen LogP contribution in [-0.2, 0) is 6.54 Å². The number of rotatable bonds is 3. The molecular weight excluding hydrogens is 373 g/mol. The molecule has 1 aromatic heterocycles. The molecule has 0 saturated carbocycles. The predicted octanol–water partition coefficient (Wildman–Crippen LogP) is 5.54. The highest BCUT2D eigenvalue weighted by Crippen LogP contribution is 2.26. The third-order valence-corrected chi connectivity index (χ3v) is 4.94. The van der Waals surface area contributed by atoms with Crippen LogP contribution in [-0.4, -0.2) is 0 Å². The summed E-state index contributed by atoms with van der Waals surface area (Å²) in [4.78, 5) is 1.28. The molecule has 1 heterocycles. The lowest BCUT2D eigenvalue weighted by Crippen LogP contribution is -1.96. The third-order valence-electron chi connectivity index (χ3n) is 2.01. The van der Waals surface area contributed by atoms with Crippen molar-refractivity contribution >= 4 is 60.5 Å². The van der Waals surface area contributed by atoms with E-state index in [9.17, 15) is 0 Å². The first kappa shape index (κ1) is 12.4. The summed E-state index contributed by atoms with van der Waals surface area (Å²) in [6.45, 7) is 0.814. The average molecular weight is 382 g/mol. The van der Waals surface area contributed by atoms with Crippen LogP contribution >= 0.6 is 54.8 Å². The van der Waals surface area contributed by atoms with E-state index >= 15 is 0 Å². The van der Waals surface area contributed by atoms with E-state index in [1.807, 2.05) is 18.2 Å². The van der Waals surface area contributed by atoms with Crippen molar-refractivity contribution in [2.45, 2.75) is 6.54 Å². The molecule has 2 aromatic rings. The fourth-order valence-corrected chi connectivity index (χ4v) is 3.06. The number of hydrogen-bond donors (Lipinski definition) is 1.